The number of carbonyl (C=O) groups is 1. The standard InChI is InChI=1S/C18H26N2O2/c1-19-11-5-8-17(18(19)21)20-12-9-16(10-13-20)22-14-15-6-3-2-4-7-15/h2-4,6-7,16-17H,5,8-14H2,1H3. The monoisotopic (exact) mass is 302 g/mol. The van der Waals surface area contributed by atoms with E-state index in [1.165, 1.54) is 5.56 Å². The number of carbonyl (C=O) groups excluding carboxylic acids is 1. The van der Waals surface area contributed by atoms with Gasteiger partial charge in [-0.15, -0.1) is 0 Å². The van der Waals surface area contributed by atoms with E-state index in [9.17, 15) is 4.79 Å². The van der Waals surface area contributed by atoms with Gasteiger partial charge in [0.1, 0.15) is 0 Å². The number of piperidine rings is 2. The highest BCUT2D eigenvalue weighted by molar-refractivity contribution is 5.82. The SMILES string of the molecule is CN1CCCC(N2CCC(OCc3ccccc3)CC2)C1=O. The molecule has 0 N–H and O–H groups in total. The Hall–Kier alpha value is -1.39. The van der Waals surface area contributed by atoms with E-state index in [4.69, 9.17) is 4.74 Å². The summed E-state index contributed by atoms with van der Waals surface area (Å²) >= 11 is 0. The van der Waals surface area contributed by atoms with Crippen molar-refractivity contribution in [2.45, 2.75) is 44.4 Å². The molecule has 4 nitrogen and oxygen atoms in total. The Morgan fingerprint density at radius 1 is 1.09 bits per heavy atom. The van der Waals surface area contributed by atoms with Crippen molar-refractivity contribution >= 4 is 5.91 Å². The van der Waals surface area contributed by atoms with E-state index in [0.29, 0.717) is 18.6 Å². The average molecular weight is 302 g/mol. The number of amides is 1. The Morgan fingerprint density at radius 2 is 1.82 bits per heavy atom. The second kappa shape index (κ2) is 7.25. The smallest absolute Gasteiger partial charge is 0.239 e. The Morgan fingerprint density at radius 3 is 2.55 bits per heavy atom. The summed E-state index contributed by atoms with van der Waals surface area (Å²) in [7, 11) is 1.92. The molecule has 3 rings (SSSR count). The van der Waals surface area contributed by atoms with Crippen molar-refractivity contribution in [3.8, 4) is 0 Å². The van der Waals surface area contributed by atoms with Crippen LogP contribution in [0.3, 0.4) is 0 Å². The lowest BCUT2D eigenvalue weighted by atomic mass is 9.99. The van der Waals surface area contributed by atoms with Crippen molar-refractivity contribution in [2.24, 2.45) is 0 Å². The van der Waals surface area contributed by atoms with E-state index >= 15 is 0 Å². The van der Waals surface area contributed by atoms with Crippen molar-refractivity contribution in [2.75, 3.05) is 26.7 Å². The molecule has 120 valence electrons. The van der Waals surface area contributed by atoms with Gasteiger partial charge in [0.2, 0.25) is 5.91 Å². The molecule has 2 fully saturated rings. The quantitative estimate of drug-likeness (QED) is 0.855. The number of likely N-dealkylation sites (N-methyl/N-ethyl adjacent to an activating group) is 1. The van der Waals surface area contributed by atoms with Gasteiger partial charge < -0.3 is 9.64 Å². The molecule has 1 amide bonds. The molecule has 0 aromatic heterocycles. The molecule has 2 saturated heterocycles. The molecule has 4 heteroatoms. The highest BCUT2D eigenvalue weighted by atomic mass is 16.5. The van der Waals surface area contributed by atoms with Gasteiger partial charge in [-0.25, -0.2) is 0 Å². The van der Waals surface area contributed by atoms with E-state index in [0.717, 1.165) is 45.3 Å². The highest BCUT2D eigenvalue weighted by Gasteiger charge is 2.33. The van der Waals surface area contributed by atoms with Crippen LogP contribution in [0.2, 0.25) is 0 Å². The molecule has 22 heavy (non-hydrogen) atoms. The van der Waals surface area contributed by atoms with Crippen LogP contribution in [0.25, 0.3) is 0 Å². The third-order valence-corrected chi connectivity index (χ3v) is 4.88. The number of hydrogen-bond acceptors (Lipinski definition) is 3. The minimum atomic E-state index is 0.105. The van der Waals surface area contributed by atoms with Gasteiger partial charge in [0.15, 0.2) is 0 Å². The number of benzene rings is 1. The zero-order valence-electron chi connectivity index (χ0n) is 13.4. The summed E-state index contributed by atoms with van der Waals surface area (Å²) in [5.41, 5.74) is 1.23. The number of ether oxygens (including phenoxy) is 1. The van der Waals surface area contributed by atoms with E-state index in [1.54, 1.807) is 0 Å². The van der Waals surface area contributed by atoms with E-state index in [2.05, 4.69) is 17.0 Å². The van der Waals surface area contributed by atoms with Gasteiger partial charge in [-0.3, -0.25) is 9.69 Å². The van der Waals surface area contributed by atoms with Crippen LogP contribution in [0.5, 0.6) is 0 Å². The molecule has 1 atom stereocenters. The lowest BCUT2D eigenvalue weighted by Gasteiger charge is -2.40. The number of hydrogen-bond donors (Lipinski definition) is 0. The van der Waals surface area contributed by atoms with Crippen LogP contribution in [-0.4, -0.2) is 54.5 Å². The Bertz CT molecular complexity index is 483. The molecule has 0 saturated carbocycles. The Labute approximate surface area is 133 Å². The first-order valence-electron chi connectivity index (χ1n) is 8.38. The normalized spacial score (nSPS) is 24.7. The molecular weight excluding hydrogens is 276 g/mol. The predicted octanol–water partition coefficient (Wildman–Crippen LogP) is 2.29. The van der Waals surface area contributed by atoms with Crippen LogP contribution in [-0.2, 0) is 16.1 Å². The van der Waals surface area contributed by atoms with Gasteiger partial charge in [0.05, 0.1) is 18.8 Å². The van der Waals surface area contributed by atoms with Crippen molar-refractivity contribution in [1.82, 2.24) is 9.80 Å². The fourth-order valence-electron chi connectivity index (χ4n) is 3.49. The van der Waals surface area contributed by atoms with Crippen LogP contribution < -0.4 is 0 Å². The molecule has 1 unspecified atom stereocenters. The van der Waals surface area contributed by atoms with Crippen molar-refractivity contribution in [3.63, 3.8) is 0 Å². The maximum absolute atomic E-state index is 12.3. The Balaban J connectivity index is 1.45. The molecule has 0 spiro atoms. The molecular formula is C18H26N2O2. The van der Waals surface area contributed by atoms with Crippen molar-refractivity contribution < 1.29 is 9.53 Å². The van der Waals surface area contributed by atoms with Crippen LogP contribution in [0.15, 0.2) is 30.3 Å². The van der Waals surface area contributed by atoms with Crippen LogP contribution in [0.1, 0.15) is 31.2 Å². The average Bonchev–Trinajstić information content (AvgIpc) is 2.57. The summed E-state index contributed by atoms with van der Waals surface area (Å²) < 4.78 is 6.03. The lowest BCUT2D eigenvalue weighted by Crippen LogP contribution is -2.53. The van der Waals surface area contributed by atoms with Crippen LogP contribution in [0.4, 0.5) is 0 Å². The summed E-state index contributed by atoms with van der Waals surface area (Å²) in [4.78, 5) is 16.5. The molecule has 1 aromatic carbocycles. The lowest BCUT2D eigenvalue weighted by molar-refractivity contribution is -0.140. The minimum absolute atomic E-state index is 0.105. The van der Waals surface area contributed by atoms with Gasteiger partial charge >= 0.3 is 0 Å². The van der Waals surface area contributed by atoms with Gasteiger partial charge in [-0.05, 0) is 31.2 Å². The largest absolute Gasteiger partial charge is 0.373 e. The van der Waals surface area contributed by atoms with Gasteiger partial charge in [-0.2, -0.15) is 0 Å². The first kappa shape index (κ1) is 15.5. The van der Waals surface area contributed by atoms with Crippen LogP contribution >= 0.6 is 0 Å². The number of rotatable bonds is 4. The maximum atomic E-state index is 12.3. The fraction of sp³-hybridized carbons (Fsp3) is 0.611. The van der Waals surface area contributed by atoms with Crippen LogP contribution in [0, 0.1) is 0 Å². The predicted molar refractivity (Wildman–Crippen MR) is 86.5 cm³/mol. The zero-order chi connectivity index (χ0) is 15.4. The fourth-order valence-corrected chi connectivity index (χ4v) is 3.49. The van der Waals surface area contributed by atoms with Gasteiger partial charge in [0, 0.05) is 26.7 Å². The second-order valence-electron chi connectivity index (χ2n) is 6.45. The molecule has 1 aromatic rings. The first-order chi connectivity index (χ1) is 10.7. The van der Waals surface area contributed by atoms with E-state index in [-0.39, 0.29) is 6.04 Å². The molecule has 0 bridgehead atoms. The third kappa shape index (κ3) is 3.68. The number of likely N-dealkylation sites (tertiary alicyclic amines) is 2. The second-order valence-corrected chi connectivity index (χ2v) is 6.45. The highest BCUT2D eigenvalue weighted by Crippen LogP contribution is 2.22. The summed E-state index contributed by atoms with van der Waals surface area (Å²) in [5.74, 6) is 0.301. The van der Waals surface area contributed by atoms with Crippen molar-refractivity contribution in [3.05, 3.63) is 35.9 Å². The zero-order valence-corrected chi connectivity index (χ0v) is 13.4. The first-order valence-corrected chi connectivity index (χ1v) is 8.38. The Kier molecular flexibility index (Phi) is 5.11. The van der Waals surface area contributed by atoms with Gasteiger partial charge in [-0.1, -0.05) is 30.3 Å². The summed E-state index contributed by atoms with van der Waals surface area (Å²) in [5, 5.41) is 0. The minimum Gasteiger partial charge on any atom is -0.373 e. The van der Waals surface area contributed by atoms with E-state index in [1.807, 2.05) is 30.1 Å². The summed E-state index contributed by atoms with van der Waals surface area (Å²) in [6.45, 7) is 3.55. The molecule has 2 aliphatic heterocycles. The summed E-state index contributed by atoms with van der Waals surface area (Å²) in [6, 6.07) is 10.4. The topological polar surface area (TPSA) is 32.8 Å². The molecule has 2 aliphatic rings. The summed E-state index contributed by atoms with van der Waals surface area (Å²) in [6.07, 6.45) is 4.52. The van der Waals surface area contributed by atoms with Crippen molar-refractivity contribution in [1.29, 1.82) is 0 Å². The van der Waals surface area contributed by atoms with E-state index < -0.39 is 0 Å². The molecule has 0 aliphatic carbocycles. The molecule has 0 radical (unpaired) electrons. The third-order valence-electron chi connectivity index (χ3n) is 4.88. The van der Waals surface area contributed by atoms with Gasteiger partial charge in [0.25, 0.3) is 0 Å². The molecule has 2 heterocycles. The number of nitrogens with zero attached hydrogens (tertiary/aromatic N) is 2. The maximum Gasteiger partial charge on any atom is 0.239 e.